The second-order valence-corrected chi connectivity index (χ2v) is 10.8. The van der Waals surface area contributed by atoms with Crippen LogP contribution in [0.25, 0.3) is 0 Å². The zero-order valence-corrected chi connectivity index (χ0v) is 20.5. The molecule has 0 bridgehead atoms. The predicted molar refractivity (Wildman–Crippen MR) is 128 cm³/mol. The molecule has 3 aliphatic rings. The standard InChI is InChI=1S/C29H38F4O/c1-3-4-26-17-18-27(29(32,33)28(26,30)31)34-19-21-7-11-23(12-8-21)25-15-13-24(14-16-25)22-9-5-20(2)6-10-22/h7-8,11-12,17-18,20,22,24-25H,3-6,9-10,13-16,19H2,1-2H3. The van der Waals surface area contributed by atoms with Crippen molar-refractivity contribution in [3.63, 3.8) is 0 Å². The van der Waals surface area contributed by atoms with Gasteiger partial charge in [0.2, 0.25) is 0 Å². The van der Waals surface area contributed by atoms with Crippen LogP contribution in [0.3, 0.4) is 0 Å². The molecule has 0 heterocycles. The molecule has 0 saturated heterocycles. The molecule has 0 unspecified atom stereocenters. The first kappa shape index (κ1) is 25.3. The molecule has 4 rings (SSSR count). The summed E-state index contributed by atoms with van der Waals surface area (Å²) in [7, 11) is 0. The maximum atomic E-state index is 14.4. The summed E-state index contributed by atoms with van der Waals surface area (Å²) in [6, 6.07) is 7.85. The summed E-state index contributed by atoms with van der Waals surface area (Å²) in [5, 5.41) is 0. The molecule has 2 fully saturated rings. The highest BCUT2D eigenvalue weighted by Gasteiger charge is 2.63. The third-order valence-electron chi connectivity index (χ3n) is 8.41. The van der Waals surface area contributed by atoms with Crippen LogP contribution in [0.1, 0.15) is 95.1 Å². The lowest BCUT2D eigenvalue weighted by Crippen LogP contribution is -2.45. The lowest BCUT2D eigenvalue weighted by Gasteiger charge is -2.37. The van der Waals surface area contributed by atoms with Crippen molar-refractivity contribution in [2.24, 2.45) is 17.8 Å². The van der Waals surface area contributed by atoms with Crippen LogP contribution in [0.15, 0.2) is 47.7 Å². The quantitative estimate of drug-likeness (QED) is 0.355. The summed E-state index contributed by atoms with van der Waals surface area (Å²) >= 11 is 0. The Labute approximate surface area is 201 Å². The maximum absolute atomic E-state index is 14.4. The van der Waals surface area contributed by atoms with E-state index >= 15 is 0 Å². The van der Waals surface area contributed by atoms with Crippen LogP contribution in [0.5, 0.6) is 0 Å². The number of allylic oxidation sites excluding steroid dienone is 4. The fourth-order valence-electron chi connectivity index (χ4n) is 6.12. The van der Waals surface area contributed by atoms with Crippen molar-refractivity contribution in [2.45, 2.75) is 102 Å². The van der Waals surface area contributed by atoms with Crippen LogP contribution in [-0.2, 0) is 11.3 Å². The highest BCUT2D eigenvalue weighted by molar-refractivity contribution is 5.35. The Kier molecular flexibility index (Phi) is 7.79. The van der Waals surface area contributed by atoms with Crippen molar-refractivity contribution in [2.75, 3.05) is 0 Å². The Bertz CT molecular complexity index is 870. The second-order valence-electron chi connectivity index (χ2n) is 10.8. The molecule has 0 radical (unpaired) electrons. The molecule has 0 spiro atoms. The van der Waals surface area contributed by atoms with E-state index < -0.39 is 23.2 Å². The van der Waals surface area contributed by atoms with Gasteiger partial charge in [-0.2, -0.15) is 17.6 Å². The van der Waals surface area contributed by atoms with Crippen molar-refractivity contribution < 1.29 is 22.3 Å². The lowest BCUT2D eigenvalue weighted by atomic mass is 9.68. The van der Waals surface area contributed by atoms with Gasteiger partial charge in [0.15, 0.2) is 5.76 Å². The predicted octanol–water partition coefficient (Wildman–Crippen LogP) is 9.20. The summed E-state index contributed by atoms with van der Waals surface area (Å²) in [5.74, 6) is -6.30. The fraction of sp³-hybridized carbons (Fsp3) is 0.655. The number of ether oxygens (including phenoxy) is 1. The highest BCUT2D eigenvalue weighted by atomic mass is 19.3. The summed E-state index contributed by atoms with van der Waals surface area (Å²) in [6.07, 6.45) is 12.9. The number of hydrogen-bond acceptors (Lipinski definition) is 1. The van der Waals surface area contributed by atoms with Gasteiger partial charge in [0, 0.05) is 5.57 Å². The van der Waals surface area contributed by atoms with Gasteiger partial charge in [-0.1, -0.05) is 63.5 Å². The topological polar surface area (TPSA) is 9.23 Å². The van der Waals surface area contributed by atoms with Crippen molar-refractivity contribution >= 4 is 0 Å². The van der Waals surface area contributed by atoms with Crippen molar-refractivity contribution in [3.8, 4) is 0 Å². The van der Waals surface area contributed by atoms with Crippen LogP contribution < -0.4 is 0 Å². The van der Waals surface area contributed by atoms with Gasteiger partial charge in [-0.05, 0) is 85.8 Å². The largest absolute Gasteiger partial charge is 0.487 e. The van der Waals surface area contributed by atoms with Crippen LogP contribution in [-0.4, -0.2) is 11.8 Å². The molecule has 1 aromatic rings. The smallest absolute Gasteiger partial charge is 0.369 e. The van der Waals surface area contributed by atoms with E-state index in [1.54, 1.807) is 6.92 Å². The molecule has 1 aromatic carbocycles. The van der Waals surface area contributed by atoms with E-state index in [-0.39, 0.29) is 13.0 Å². The summed E-state index contributed by atoms with van der Waals surface area (Å²) in [4.78, 5) is 0. The third kappa shape index (κ3) is 5.23. The second kappa shape index (κ2) is 10.5. The minimum absolute atomic E-state index is 0.0599. The Morgan fingerprint density at radius 3 is 1.97 bits per heavy atom. The first-order valence-electron chi connectivity index (χ1n) is 13.1. The van der Waals surface area contributed by atoms with Gasteiger partial charge in [-0.25, -0.2) is 0 Å². The number of hydrogen-bond donors (Lipinski definition) is 0. The van der Waals surface area contributed by atoms with Crippen LogP contribution in [0.4, 0.5) is 17.6 Å². The van der Waals surface area contributed by atoms with Gasteiger partial charge in [-0.15, -0.1) is 0 Å². The molecule has 0 aliphatic heterocycles. The minimum atomic E-state index is -4.33. The van der Waals surface area contributed by atoms with Crippen LogP contribution in [0.2, 0.25) is 0 Å². The van der Waals surface area contributed by atoms with Crippen molar-refractivity contribution in [1.29, 1.82) is 0 Å². The first-order chi connectivity index (χ1) is 16.2. The average molecular weight is 479 g/mol. The van der Waals surface area contributed by atoms with Gasteiger partial charge in [0.05, 0.1) is 0 Å². The number of halogens is 4. The van der Waals surface area contributed by atoms with Gasteiger partial charge >= 0.3 is 11.8 Å². The van der Waals surface area contributed by atoms with E-state index in [0.717, 1.165) is 29.9 Å². The Balaban J connectivity index is 1.31. The molecular weight excluding hydrogens is 440 g/mol. The normalized spacial score (nSPS) is 30.9. The highest BCUT2D eigenvalue weighted by Crippen LogP contribution is 2.49. The Morgan fingerprint density at radius 1 is 0.794 bits per heavy atom. The molecule has 3 aliphatic carbocycles. The zero-order valence-electron chi connectivity index (χ0n) is 20.5. The van der Waals surface area contributed by atoms with Gasteiger partial charge < -0.3 is 4.74 Å². The van der Waals surface area contributed by atoms with E-state index in [0.29, 0.717) is 17.9 Å². The van der Waals surface area contributed by atoms with E-state index in [1.807, 2.05) is 24.3 Å². The molecule has 0 N–H and O–H groups in total. The lowest BCUT2D eigenvalue weighted by molar-refractivity contribution is -0.187. The SMILES string of the molecule is CCCC1=CC=C(OCc2ccc(C3CCC(C4CCC(C)CC4)CC3)cc2)C(F)(F)C1(F)F. The molecule has 2 saturated carbocycles. The summed E-state index contributed by atoms with van der Waals surface area (Å²) in [5.41, 5.74) is 1.45. The van der Waals surface area contributed by atoms with Crippen LogP contribution >= 0.6 is 0 Å². The minimum Gasteiger partial charge on any atom is -0.487 e. The monoisotopic (exact) mass is 478 g/mol. The van der Waals surface area contributed by atoms with Crippen molar-refractivity contribution in [1.82, 2.24) is 0 Å². The van der Waals surface area contributed by atoms with E-state index in [1.165, 1.54) is 56.9 Å². The number of benzene rings is 1. The van der Waals surface area contributed by atoms with Crippen LogP contribution in [0, 0.1) is 17.8 Å². The Hall–Kier alpha value is -1.78. The third-order valence-corrected chi connectivity index (χ3v) is 8.41. The van der Waals surface area contributed by atoms with Gasteiger partial charge in [0.1, 0.15) is 6.61 Å². The van der Waals surface area contributed by atoms with Gasteiger partial charge in [0.25, 0.3) is 0 Å². The number of alkyl halides is 4. The van der Waals surface area contributed by atoms with Crippen molar-refractivity contribution in [3.05, 3.63) is 58.9 Å². The van der Waals surface area contributed by atoms with Gasteiger partial charge in [-0.3, -0.25) is 0 Å². The molecule has 0 amide bonds. The number of rotatable bonds is 7. The molecule has 0 aromatic heterocycles. The Morgan fingerprint density at radius 2 is 1.38 bits per heavy atom. The molecule has 188 valence electrons. The molecular formula is C29H38F4O. The maximum Gasteiger partial charge on any atom is 0.369 e. The van der Waals surface area contributed by atoms with E-state index in [9.17, 15) is 17.6 Å². The molecule has 5 heteroatoms. The average Bonchev–Trinajstić information content (AvgIpc) is 2.83. The first-order valence-corrected chi connectivity index (χ1v) is 13.1. The summed E-state index contributed by atoms with van der Waals surface area (Å²) in [6.45, 7) is 3.91. The van der Waals surface area contributed by atoms with E-state index in [4.69, 9.17) is 4.74 Å². The summed E-state index contributed by atoms with van der Waals surface area (Å²) < 4.78 is 62.7. The molecule has 1 nitrogen and oxygen atoms in total. The zero-order chi connectivity index (χ0) is 24.3. The fourth-order valence-corrected chi connectivity index (χ4v) is 6.12. The molecule has 34 heavy (non-hydrogen) atoms. The van der Waals surface area contributed by atoms with E-state index in [2.05, 4.69) is 6.92 Å². The molecule has 0 atom stereocenters.